The Morgan fingerprint density at radius 1 is 1.33 bits per heavy atom. The molecule has 0 aromatic heterocycles. The van der Waals surface area contributed by atoms with Crippen LogP contribution < -0.4 is 10.5 Å². The van der Waals surface area contributed by atoms with Crippen LogP contribution in [0.5, 0.6) is 11.5 Å². The standard InChI is InChI=1S/C14H12BrClN2O2S/c1-21-12-4-2-3-11(13(12)14(17)18-19)20-10-6-5-8(15)7-9(10)16/h2-7,19H,1H3,(H2,17,18). The van der Waals surface area contributed by atoms with Crippen molar-refractivity contribution in [3.8, 4) is 11.5 Å². The normalized spacial score (nSPS) is 11.5. The monoisotopic (exact) mass is 386 g/mol. The second-order valence-corrected chi connectivity index (χ2v) is 6.17. The van der Waals surface area contributed by atoms with Gasteiger partial charge >= 0.3 is 0 Å². The van der Waals surface area contributed by atoms with Gasteiger partial charge in [-0.1, -0.05) is 38.8 Å². The van der Waals surface area contributed by atoms with E-state index in [9.17, 15) is 0 Å². The first kappa shape index (κ1) is 16.0. The summed E-state index contributed by atoms with van der Waals surface area (Å²) in [6.45, 7) is 0. The minimum absolute atomic E-state index is 0.0109. The molecule has 0 radical (unpaired) electrons. The van der Waals surface area contributed by atoms with Gasteiger partial charge in [0.1, 0.15) is 11.5 Å². The topological polar surface area (TPSA) is 67.8 Å². The largest absolute Gasteiger partial charge is 0.455 e. The van der Waals surface area contributed by atoms with Gasteiger partial charge in [-0.25, -0.2) is 0 Å². The lowest BCUT2D eigenvalue weighted by Crippen LogP contribution is -2.15. The maximum Gasteiger partial charge on any atom is 0.175 e. The Bertz CT molecular complexity index is 695. The van der Waals surface area contributed by atoms with Gasteiger partial charge in [-0.15, -0.1) is 11.8 Å². The van der Waals surface area contributed by atoms with Crippen LogP contribution in [0.25, 0.3) is 0 Å². The van der Waals surface area contributed by atoms with Crippen molar-refractivity contribution in [3.63, 3.8) is 0 Å². The number of amidine groups is 1. The molecule has 0 spiro atoms. The number of hydrogen-bond donors (Lipinski definition) is 2. The molecule has 0 saturated heterocycles. The molecule has 0 aliphatic heterocycles. The fourth-order valence-electron chi connectivity index (χ4n) is 1.75. The van der Waals surface area contributed by atoms with E-state index in [-0.39, 0.29) is 5.84 Å². The highest BCUT2D eigenvalue weighted by molar-refractivity contribution is 9.10. The summed E-state index contributed by atoms with van der Waals surface area (Å²) in [5.74, 6) is 0.953. The van der Waals surface area contributed by atoms with Gasteiger partial charge in [0, 0.05) is 9.37 Å². The molecule has 110 valence electrons. The van der Waals surface area contributed by atoms with Crippen molar-refractivity contribution in [1.29, 1.82) is 0 Å². The second kappa shape index (κ2) is 7.06. The summed E-state index contributed by atoms with van der Waals surface area (Å²) < 4.78 is 6.68. The summed E-state index contributed by atoms with van der Waals surface area (Å²) in [6.07, 6.45) is 1.90. The summed E-state index contributed by atoms with van der Waals surface area (Å²) in [4.78, 5) is 0.844. The number of nitrogens with zero attached hydrogens (tertiary/aromatic N) is 1. The van der Waals surface area contributed by atoms with E-state index in [1.807, 2.05) is 24.5 Å². The van der Waals surface area contributed by atoms with Crippen LogP contribution in [0.2, 0.25) is 5.02 Å². The predicted octanol–water partition coefficient (Wildman–Crippen LogP) is 4.71. The molecule has 0 amide bonds. The molecule has 4 nitrogen and oxygen atoms in total. The minimum atomic E-state index is -0.0109. The molecule has 2 aromatic rings. The van der Waals surface area contributed by atoms with E-state index < -0.39 is 0 Å². The molecule has 3 N–H and O–H groups in total. The number of ether oxygens (including phenoxy) is 1. The summed E-state index contributed by atoms with van der Waals surface area (Å²) >= 11 is 11.0. The fraction of sp³-hybridized carbons (Fsp3) is 0.0714. The molecule has 0 aliphatic carbocycles. The van der Waals surface area contributed by atoms with Crippen molar-refractivity contribution >= 4 is 45.1 Å². The first-order valence-electron chi connectivity index (χ1n) is 5.84. The average Bonchev–Trinajstić information content (AvgIpc) is 2.49. The van der Waals surface area contributed by atoms with Crippen molar-refractivity contribution in [2.24, 2.45) is 10.9 Å². The smallest absolute Gasteiger partial charge is 0.175 e. The van der Waals surface area contributed by atoms with Crippen LogP contribution in [0.1, 0.15) is 5.56 Å². The van der Waals surface area contributed by atoms with Crippen molar-refractivity contribution in [1.82, 2.24) is 0 Å². The third-order valence-corrected chi connectivity index (χ3v) is 4.25. The molecule has 0 saturated carbocycles. The van der Waals surface area contributed by atoms with Gasteiger partial charge in [0.25, 0.3) is 0 Å². The molecular formula is C14H12BrClN2O2S. The Kier molecular flexibility index (Phi) is 5.39. The fourth-order valence-corrected chi connectivity index (χ4v) is 3.08. The van der Waals surface area contributed by atoms with Gasteiger partial charge in [0.05, 0.1) is 10.6 Å². The predicted molar refractivity (Wildman–Crippen MR) is 90.0 cm³/mol. The molecular weight excluding hydrogens is 376 g/mol. The number of thioether (sulfide) groups is 1. The minimum Gasteiger partial charge on any atom is -0.455 e. The quantitative estimate of drug-likeness (QED) is 0.262. The molecule has 0 fully saturated rings. The molecule has 0 atom stereocenters. The Labute approximate surface area is 140 Å². The zero-order valence-electron chi connectivity index (χ0n) is 11.0. The SMILES string of the molecule is CSc1cccc(Oc2ccc(Br)cc2Cl)c1/C(N)=N/O. The summed E-state index contributed by atoms with van der Waals surface area (Å²) in [5.41, 5.74) is 6.29. The van der Waals surface area contributed by atoms with Crippen LogP contribution >= 0.6 is 39.3 Å². The summed E-state index contributed by atoms with van der Waals surface area (Å²) in [5, 5.41) is 12.5. The molecule has 21 heavy (non-hydrogen) atoms. The number of hydrogen-bond acceptors (Lipinski definition) is 4. The van der Waals surface area contributed by atoms with Gasteiger partial charge in [0.15, 0.2) is 5.84 Å². The zero-order valence-corrected chi connectivity index (χ0v) is 14.2. The molecule has 0 aliphatic rings. The van der Waals surface area contributed by atoms with Crippen LogP contribution in [-0.4, -0.2) is 17.3 Å². The van der Waals surface area contributed by atoms with E-state index in [1.54, 1.807) is 18.2 Å². The van der Waals surface area contributed by atoms with Gasteiger partial charge in [-0.2, -0.15) is 0 Å². The third kappa shape index (κ3) is 3.64. The van der Waals surface area contributed by atoms with Crippen LogP contribution in [0, 0.1) is 0 Å². The van der Waals surface area contributed by atoms with Gasteiger partial charge in [-0.05, 0) is 36.6 Å². The highest BCUT2D eigenvalue weighted by atomic mass is 79.9. The van der Waals surface area contributed by atoms with Crippen LogP contribution in [-0.2, 0) is 0 Å². The molecule has 0 bridgehead atoms. The lowest BCUT2D eigenvalue weighted by atomic mass is 10.2. The Hall–Kier alpha value is -1.37. The third-order valence-electron chi connectivity index (χ3n) is 2.69. The number of benzene rings is 2. The molecule has 2 aromatic carbocycles. The van der Waals surface area contributed by atoms with E-state index in [4.69, 9.17) is 27.3 Å². The maximum atomic E-state index is 8.96. The number of nitrogens with two attached hydrogens (primary N) is 1. The number of rotatable bonds is 4. The van der Waals surface area contributed by atoms with E-state index in [1.165, 1.54) is 11.8 Å². The first-order valence-corrected chi connectivity index (χ1v) is 8.24. The lowest BCUT2D eigenvalue weighted by Gasteiger charge is -2.14. The number of halogens is 2. The van der Waals surface area contributed by atoms with Gasteiger partial charge < -0.3 is 15.7 Å². The lowest BCUT2D eigenvalue weighted by molar-refractivity contribution is 0.318. The Morgan fingerprint density at radius 3 is 2.71 bits per heavy atom. The Morgan fingerprint density at radius 2 is 2.10 bits per heavy atom. The highest BCUT2D eigenvalue weighted by Crippen LogP contribution is 2.35. The van der Waals surface area contributed by atoms with Gasteiger partial charge in [0.2, 0.25) is 0 Å². The Balaban J connectivity index is 2.49. The van der Waals surface area contributed by atoms with E-state index in [2.05, 4.69) is 21.1 Å². The van der Waals surface area contributed by atoms with Crippen LogP contribution in [0.3, 0.4) is 0 Å². The highest BCUT2D eigenvalue weighted by Gasteiger charge is 2.15. The van der Waals surface area contributed by atoms with E-state index in [0.717, 1.165) is 9.37 Å². The van der Waals surface area contributed by atoms with Crippen LogP contribution in [0.15, 0.2) is 50.9 Å². The zero-order chi connectivity index (χ0) is 15.4. The van der Waals surface area contributed by atoms with Gasteiger partial charge in [-0.3, -0.25) is 0 Å². The summed E-state index contributed by atoms with van der Waals surface area (Å²) in [7, 11) is 0. The molecule has 0 heterocycles. The first-order chi connectivity index (χ1) is 10.1. The van der Waals surface area contributed by atoms with Crippen LogP contribution in [0.4, 0.5) is 0 Å². The van der Waals surface area contributed by atoms with E-state index >= 15 is 0 Å². The van der Waals surface area contributed by atoms with Crippen molar-refractivity contribution in [2.45, 2.75) is 4.90 Å². The van der Waals surface area contributed by atoms with Crippen molar-refractivity contribution in [3.05, 3.63) is 51.5 Å². The van der Waals surface area contributed by atoms with E-state index in [0.29, 0.717) is 22.1 Å². The molecule has 0 unspecified atom stereocenters. The molecule has 7 heteroatoms. The average molecular weight is 388 g/mol. The maximum absolute atomic E-state index is 8.96. The molecule has 2 rings (SSSR count). The van der Waals surface area contributed by atoms with Crippen molar-refractivity contribution in [2.75, 3.05) is 6.26 Å². The van der Waals surface area contributed by atoms with Crippen molar-refractivity contribution < 1.29 is 9.94 Å². The second-order valence-electron chi connectivity index (χ2n) is 4.00. The summed E-state index contributed by atoms with van der Waals surface area (Å²) in [6, 6.07) is 10.7. The number of oxime groups is 1.